The van der Waals surface area contributed by atoms with E-state index in [1.165, 1.54) is 19.3 Å². The van der Waals surface area contributed by atoms with Crippen molar-refractivity contribution in [2.45, 2.75) is 44.6 Å². The quantitative estimate of drug-likeness (QED) is 0.710. The number of hydrogen-bond donors (Lipinski definition) is 2. The molecule has 0 saturated heterocycles. The third-order valence-corrected chi connectivity index (χ3v) is 3.85. The van der Waals surface area contributed by atoms with Crippen LogP contribution in [0, 0.1) is 11.8 Å². The van der Waals surface area contributed by atoms with Gasteiger partial charge < -0.3 is 10.4 Å². The fourth-order valence-electron chi connectivity index (χ4n) is 2.69. The van der Waals surface area contributed by atoms with Crippen molar-refractivity contribution < 1.29 is 9.90 Å². The average Bonchev–Trinajstić information content (AvgIpc) is 2.38. The molecule has 4 heteroatoms. The van der Waals surface area contributed by atoms with Gasteiger partial charge in [0.2, 0.25) is 0 Å². The number of carbonyl (C=O) groups is 1. The van der Waals surface area contributed by atoms with Crippen LogP contribution in [0.4, 0.5) is 0 Å². The number of amides is 1. The van der Waals surface area contributed by atoms with Crippen molar-refractivity contribution in [3.05, 3.63) is 0 Å². The number of aliphatic hydroxyl groups excluding tert-OH is 1. The number of hydrogen-bond acceptors (Lipinski definition) is 3. The summed E-state index contributed by atoms with van der Waals surface area (Å²) in [6.45, 7) is 3.08. The molecule has 0 heterocycles. The van der Waals surface area contributed by atoms with Gasteiger partial charge in [-0.3, -0.25) is 9.69 Å². The Kier molecular flexibility index (Phi) is 6.17. The van der Waals surface area contributed by atoms with E-state index in [2.05, 4.69) is 22.1 Å². The normalized spacial score (nSPS) is 18.0. The molecule has 1 rings (SSSR count). The maximum atomic E-state index is 11.5. The van der Waals surface area contributed by atoms with Crippen LogP contribution >= 0.6 is 0 Å². The molecule has 0 radical (unpaired) electrons. The molecule has 1 saturated carbocycles. The zero-order valence-corrected chi connectivity index (χ0v) is 11.5. The van der Waals surface area contributed by atoms with Crippen molar-refractivity contribution in [2.24, 2.45) is 0 Å². The molecule has 1 fully saturated rings. The predicted octanol–water partition coefficient (Wildman–Crippen LogP) is 0.753. The minimum absolute atomic E-state index is 0.00788. The van der Waals surface area contributed by atoms with Gasteiger partial charge in [0.05, 0.1) is 6.61 Å². The van der Waals surface area contributed by atoms with E-state index in [0.717, 1.165) is 12.8 Å². The predicted molar refractivity (Wildman–Crippen MR) is 72.0 cm³/mol. The number of nitrogens with one attached hydrogen (secondary N) is 1. The van der Waals surface area contributed by atoms with Gasteiger partial charge in [0.15, 0.2) is 0 Å². The minimum atomic E-state index is -0.208. The molecule has 0 spiro atoms. The summed E-state index contributed by atoms with van der Waals surface area (Å²) in [5, 5.41) is 12.0. The molecule has 0 aromatic rings. The first-order valence-electron chi connectivity index (χ1n) is 6.67. The van der Waals surface area contributed by atoms with E-state index < -0.39 is 0 Å². The lowest BCUT2D eigenvalue weighted by molar-refractivity contribution is -0.116. The summed E-state index contributed by atoms with van der Waals surface area (Å²) >= 11 is 0. The Hall–Kier alpha value is -1.05. The van der Waals surface area contributed by atoms with Gasteiger partial charge in [-0.05, 0) is 32.7 Å². The smallest absolute Gasteiger partial charge is 0.295 e. The zero-order chi connectivity index (χ0) is 13.4. The van der Waals surface area contributed by atoms with Gasteiger partial charge in [0.25, 0.3) is 5.91 Å². The minimum Gasteiger partial charge on any atom is -0.395 e. The standard InChI is InChI=1S/C14H24N2O2/c1-3-7-13(18)15-12-14(16(2)10-11-17)8-5-4-6-9-14/h17H,4-6,8-12H2,1-2H3,(H,15,18). The Morgan fingerprint density at radius 3 is 2.61 bits per heavy atom. The molecule has 102 valence electrons. The van der Waals surface area contributed by atoms with Crippen molar-refractivity contribution in [3.8, 4) is 11.8 Å². The van der Waals surface area contributed by atoms with E-state index in [-0.39, 0.29) is 18.1 Å². The van der Waals surface area contributed by atoms with Crippen LogP contribution in [-0.4, -0.2) is 48.2 Å². The lowest BCUT2D eigenvalue weighted by Gasteiger charge is -2.44. The Morgan fingerprint density at radius 2 is 2.06 bits per heavy atom. The topological polar surface area (TPSA) is 52.6 Å². The summed E-state index contributed by atoms with van der Waals surface area (Å²) in [7, 11) is 2.03. The van der Waals surface area contributed by atoms with Crippen LogP contribution in [0.2, 0.25) is 0 Å². The number of β-amino-alcohol motifs (C(OH)–C–C–N with tert-alkyl or cyclic N) is 1. The third kappa shape index (κ3) is 4.01. The van der Waals surface area contributed by atoms with Crippen LogP contribution in [-0.2, 0) is 4.79 Å². The molecule has 18 heavy (non-hydrogen) atoms. The molecule has 1 aliphatic rings. The molecular formula is C14H24N2O2. The number of aliphatic hydroxyl groups is 1. The summed E-state index contributed by atoms with van der Waals surface area (Å²) in [4.78, 5) is 13.6. The molecule has 0 aromatic heterocycles. The van der Waals surface area contributed by atoms with E-state index in [4.69, 9.17) is 5.11 Å². The van der Waals surface area contributed by atoms with Crippen LogP contribution < -0.4 is 5.32 Å². The van der Waals surface area contributed by atoms with Crippen molar-refractivity contribution in [2.75, 3.05) is 26.7 Å². The fraction of sp³-hybridized carbons (Fsp3) is 0.786. The molecule has 0 unspecified atom stereocenters. The van der Waals surface area contributed by atoms with E-state index in [1.807, 2.05) is 7.05 Å². The van der Waals surface area contributed by atoms with Crippen LogP contribution in [0.1, 0.15) is 39.0 Å². The van der Waals surface area contributed by atoms with Gasteiger partial charge in [-0.1, -0.05) is 25.2 Å². The van der Waals surface area contributed by atoms with Crippen molar-refractivity contribution in [3.63, 3.8) is 0 Å². The van der Waals surface area contributed by atoms with Gasteiger partial charge in [0.1, 0.15) is 0 Å². The molecule has 2 N–H and O–H groups in total. The largest absolute Gasteiger partial charge is 0.395 e. The van der Waals surface area contributed by atoms with E-state index >= 15 is 0 Å². The molecule has 0 atom stereocenters. The highest BCUT2D eigenvalue weighted by molar-refractivity contribution is 5.93. The third-order valence-electron chi connectivity index (χ3n) is 3.85. The molecule has 0 bridgehead atoms. The van der Waals surface area contributed by atoms with Gasteiger partial charge >= 0.3 is 0 Å². The van der Waals surface area contributed by atoms with Crippen molar-refractivity contribution in [1.29, 1.82) is 0 Å². The summed E-state index contributed by atoms with van der Waals surface area (Å²) in [5.74, 6) is 4.90. The van der Waals surface area contributed by atoms with Crippen LogP contribution in [0.25, 0.3) is 0 Å². The van der Waals surface area contributed by atoms with E-state index in [9.17, 15) is 4.79 Å². The van der Waals surface area contributed by atoms with Crippen molar-refractivity contribution in [1.82, 2.24) is 10.2 Å². The Labute approximate surface area is 110 Å². The molecule has 0 aromatic carbocycles. The highest BCUT2D eigenvalue weighted by Gasteiger charge is 2.35. The first-order chi connectivity index (χ1) is 8.64. The zero-order valence-electron chi connectivity index (χ0n) is 11.5. The van der Waals surface area contributed by atoms with Gasteiger partial charge in [0, 0.05) is 18.6 Å². The Bertz CT molecular complexity index is 324. The van der Waals surface area contributed by atoms with Crippen LogP contribution in [0.3, 0.4) is 0 Å². The maximum Gasteiger partial charge on any atom is 0.295 e. The average molecular weight is 252 g/mol. The van der Waals surface area contributed by atoms with E-state index in [0.29, 0.717) is 13.1 Å². The molecule has 1 amide bonds. The number of likely N-dealkylation sites (N-methyl/N-ethyl adjacent to an activating group) is 1. The van der Waals surface area contributed by atoms with Gasteiger partial charge in [-0.25, -0.2) is 0 Å². The Balaban J connectivity index is 2.64. The lowest BCUT2D eigenvalue weighted by Crippen LogP contribution is -2.55. The summed E-state index contributed by atoms with van der Waals surface area (Å²) in [6, 6.07) is 0. The number of carbonyl (C=O) groups excluding carboxylic acids is 1. The molecule has 4 nitrogen and oxygen atoms in total. The SMILES string of the molecule is CC#CC(=O)NCC1(N(C)CCO)CCCCC1. The highest BCUT2D eigenvalue weighted by Crippen LogP contribution is 2.32. The summed E-state index contributed by atoms with van der Waals surface area (Å²) in [5.41, 5.74) is -0.00788. The maximum absolute atomic E-state index is 11.5. The second-order valence-electron chi connectivity index (χ2n) is 4.99. The molecular weight excluding hydrogens is 228 g/mol. The summed E-state index contributed by atoms with van der Waals surface area (Å²) in [6.07, 6.45) is 5.78. The summed E-state index contributed by atoms with van der Waals surface area (Å²) < 4.78 is 0. The fourth-order valence-corrected chi connectivity index (χ4v) is 2.69. The van der Waals surface area contributed by atoms with Crippen LogP contribution in [0.15, 0.2) is 0 Å². The number of rotatable bonds is 5. The van der Waals surface area contributed by atoms with Crippen LogP contribution in [0.5, 0.6) is 0 Å². The second kappa shape index (κ2) is 7.40. The number of nitrogens with zero attached hydrogens (tertiary/aromatic N) is 1. The van der Waals surface area contributed by atoms with Gasteiger partial charge in [-0.2, -0.15) is 0 Å². The van der Waals surface area contributed by atoms with Crippen molar-refractivity contribution >= 4 is 5.91 Å². The Morgan fingerprint density at radius 1 is 1.39 bits per heavy atom. The molecule has 1 aliphatic carbocycles. The molecule has 0 aliphatic heterocycles. The highest BCUT2D eigenvalue weighted by atomic mass is 16.3. The first-order valence-corrected chi connectivity index (χ1v) is 6.67. The van der Waals surface area contributed by atoms with E-state index in [1.54, 1.807) is 6.92 Å². The first kappa shape index (κ1) is 15.0. The van der Waals surface area contributed by atoms with Gasteiger partial charge in [-0.15, -0.1) is 0 Å². The second-order valence-corrected chi connectivity index (χ2v) is 4.99. The monoisotopic (exact) mass is 252 g/mol. The lowest BCUT2D eigenvalue weighted by atomic mass is 9.80.